The van der Waals surface area contributed by atoms with Crippen LogP contribution in [0.2, 0.25) is 0 Å². The number of aromatic nitrogens is 3. The average molecular weight is 425 g/mol. The minimum atomic E-state index is 0.00381. The smallest absolute Gasteiger partial charge is 0.245 e. The summed E-state index contributed by atoms with van der Waals surface area (Å²) in [5.74, 6) is 1.94. The van der Waals surface area contributed by atoms with Crippen LogP contribution in [0.25, 0.3) is 22.3 Å². The molecule has 0 saturated carbocycles. The van der Waals surface area contributed by atoms with Crippen molar-refractivity contribution in [1.29, 1.82) is 0 Å². The van der Waals surface area contributed by atoms with E-state index in [0.29, 0.717) is 5.92 Å². The van der Waals surface area contributed by atoms with Crippen LogP contribution in [0.15, 0.2) is 85.8 Å². The van der Waals surface area contributed by atoms with Gasteiger partial charge in [-0.25, -0.2) is 9.97 Å². The van der Waals surface area contributed by atoms with Gasteiger partial charge in [0.1, 0.15) is 17.8 Å². The Morgan fingerprint density at radius 3 is 2.78 bits per heavy atom. The number of carbonyl (C=O) groups is 1. The van der Waals surface area contributed by atoms with Crippen molar-refractivity contribution in [2.75, 3.05) is 13.1 Å². The Labute approximate surface area is 186 Å². The molecule has 1 saturated heterocycles. The summed E-state index contributed by atoms with van der Waals surface area (Å²) in [7, 11) is 0. The van der Waals surface area contributed by atoms with E-state index >= 15 is 0 Å². The number of ether oxygens (including phenoxy) is 1. The number of amides is 1. The number of hydrogen-bond donors (Lipinski definition) is 0. The highest BCUT2D eigenvalue weighted by Gasteiger charge is 2.26. The molecule has 5 rings (SSSR count). The standard InChI is InChI=1S/C26H24N4O2/c1-2-24(31)29-13-11-19(16-29)17-30-14-12-23-26(30)25(28-18-27-23)20-7-6-10-22(15-20)32-21-8-4-3-5-9-21/h2-10,12,14-15,18-19H,1,11,13,16-17H2. The van der Waals surface area contributed by atoms with E-state index in [-0.39, 0.29) is 5.91 Å². The molecule has 1 fully saturated rings. The Morgan fingerprint density at radius 1 is 1.09 bits per heavy atom. The summed E-state index contributed by atoms with van der Waals surface area (Å²) in [6.07, 6.45) is 6.03. The lowest BCUT2D eigenvalue weighted by molar-refractivity contribution is -0.125. The second kappa shape index (κ2) is 8.67. The Balaban J connectivity index is 1.44. The number of rotatable bonds is 6. The van der Waals surface area contributed by atoms with Crippen LogP contribution in [0, 0.1) is 5.92 Å². The normalized spacial score (nSPS) is 15.8. The van der Waals surface area contributed by atoms with Crippen LogP contribution in [0.3, 0.4) is 0 Å². The Morgan fingerprint density at radius 2 is 1.94 bits per heavy atom. The first-order valence-corrected chi connectivity index (χ1v) is 10.8. The van der Waals surface area contributed by atoms with Gasteiger partial charge in [0.25, 0.3) is 0 Å². The number of hydrogen-bond acceptors (Lipinski definition) is 4. The fourth-order valence-corrected chi connectivity index (χ4v) is 4.32. The zero-order chi connectivity index (χ0) is 21.9. The van der Waals surface area contributed by atoms with E-state index < -0.39 is 0 Å². The molecule has 1 unspecified atom stereocenters. The molecule has 1 amide bonds. The molecular formula is C26H24N4O2. The van der Waals surface area contributed by atoms with E-state index in [1.807, 2.05) is 65.6 Å². The van der Waals surface area contributed by atoms with Crippen molar-refractivity contribution >= 4 is 16.9 Å². The quantitative estimate of drug-likeness (QED) is 0.412. The van der Waals surface area contributed by atoms with Gasteiger partial charge in [0.15, 0.2) is 0 Å². The molecule has 1 aliphatic heterocycles. The number of para-hydroxylation sites is 1. The van der Waals surface area contributed by atoms with Crippen LogP contribution in [0.4, 0.5) is 0 Å². The summed E-state index contributed by atoms with van der Waals surface area (Å²) in [5.41, 5.74) is 3.75. The molecule has 2 aromatic carbocycles. The molecule has 0 radical (unpaired) electrons. The number of likely N-dealkylation sites (tertiary alicyclic amines) is 1. The topological polar surface area (TPSA) is 60.2 Å². The van der Waals surface area contributed by atoms with Crippen molar-refractivity contribution < 1.29 is 9.53 Å². The second-order valence-electron chi connectivity index (χ2n) is 8.01. The van der Waals surface area contributed by atoms with E-state index in [2.05, 4.69) is 27.3 Å². The fraction of sp³-hybridized carbons (Fsp3) is 0.192. The zero-order valence-corrected chi connectivity index (χ0v) is 17.7. The Bertz CT molecular complexity index is 1270. The molecule has 4 aromatic rings. The summed E-state index contributed by atoms with van der Waals surface area (Å²) in [4.78, 5) is 22.9. The van der Waals surface area contributed by atoms with Gasteiger partial charge in [0, 0.05) is 31.4 Å². The molecule has 1 aliphatic rings. The lowest BCUT2D eigenvalue weighted by Crippen LogP contribution is -2.27. The van der Waals surface area contributed by atoms with Gasteiger partial charge in [-0.05, 0) is 48.7 Å². The summed E-state index contributed by atoms with van der Waals surface area (Å²) in [5, 5.41) is 0. The molecule has 6 heteroatoms. The van der Waals surface area contributed by atoms with Gasteiger partial charge in [-0.2, -0.15) is 0 Å². The maximum atomic E-state index is 11.9. The second-order valence-corrected chi connectivity index (χ2v) is 8.01. The maximum Gasteiger partial charge on any atom is 0.245 e. The van der Waals surface area contributed by atoms with Gasteiger partial charge in [-0.3, -0.25) is 4.79 Å². The van der Waals surface area contributed by atoms with Crippen LogP contribution in [0.1, 0.15) is 6.42 Å². The lowest BCUT2D eigenvalue weighted by atomic mass is 10.1. The van der Waals surface area contributed by atoms with Crippen molar-refractivity contribution in [1.82, 2.24) is 19.4 Å². The molecule has 1 atom stereocenters. The van der Waals surface area contributed by atoms with Gasteiger partial charge in [-0.1, -0.05) is 36.9 Å². The number of nitrogens with zero attached hydrogens (tertiary/aromatic N) is 4. The van der Waals surface area contributed by atoms with Crippen molar-refractivity contribution in [2.45, 2.75) is 13.0 Å². The third-order valence-electron chi connectivity index (χ3n) is 5.86. The molecule has 0 N–H and O–H groups in total. The molecular weight excluding hydrogens is 400 g/mol. The Kier molecular flexibility index (Phi) is 5.42. The van der Waals surface area contributed by atoms with Crippen LogP contribution < -0.4 is 4.74 Å². The van der Waals surface area contributed by atoms with Gasteiger partial charge in [0.05, 0.1) is 16.7 Å². The van der Waals surface area contributed by atoms with Gasteiger partial charge < -0.3 is 14.2 Å². The highest BCUT2D eigenvalue weighted by molar-refractivity contribution is 5.90. The molecule has 2 aromatic heterocycles. The summed E-state index contributed by atoms with van der Waals surface area (Å²) >= 11 is 0. The van der Waals surface area contributed by atoms with E-state index in [9.17, 15) is 4.79 Å². The highest BCUT2D eigenvalue weighted by atomic mass is 16.5. The third kappa shape index (κ3) is 3.99. The van der Waals surface area contributed by atoms with E-state index in [1.165, 1.54) is 6.08 Å². The predicted molar refractivity (Wildman–Crippen MR) is 124 cm³/mol. The number of fused-ring (bicyclic) bond motifs is 1. The molecule has 0 bridgehead atoms. The SMILES string of the molecule is C=CC(=O)N1CCC(Cn2ccc3ncnc(-c4cccc(Oc5ccccc5)c4)c32)C1. The van der Waals surface area contributed by atoms with Gasteiger partial charge >= 0.3 is 0 Å². The lowest BCUT2D eigenvalue weighted by Gasteiger charge is -2.16. The molecule has 32 heavy (non-hydrogen) atoms. The summed E-state index contributed by atoms with van der Waals surface area (Å²) in [6, 6.07) is 19.7. The van der Waals surface area contributed by atoms with Crippen LogP contribution in [-0.2, 0) is 11.3 Å². The molecule has 3 heterocycles. The highest BCUT2D eigenvalue weighted by Crippen LogP contribution is 2.31. The fourth-order valence-electron chi connectivity index (χ4n) is 4.32. The zero-order valence-electron chi connectivity index (χ0n) is 17.7. The van der Waals surface area contributed by atoms with E-state index in [4.69, 9.17) is 4.74 Å². The van der Waals surface area contributed by atoms with Crippen molar-refractivity contribution in [3.05, 3.63) is 85.8 Å². The molecule has 6 nitrogen and oxygen atoms in total. The van der Waals surface area contributed by atoms with Crippen molar-refractivity contribution in [2.24, 2.45) is 5.92 Å². The maximum absolute atomic E-state index is 11.9. The number of benzene rings is 2. The monoisotopic (exact) mass is 424 g/mol. The van der Waals surface area contributed by atoms with E-state index in [0.717, 1.165) is 59.8 Å². The van der Waals surface area contributed by atoms with Gasteiger partial charge in [0.2, 0.25) is 5.91 Å². The first kappa shape index (κ1) is 20.0. The Hall–Kier alpha value is -3.93. The van der Waals surface area contributed by atoms with Gasteiger partial charge in [-0.15, -0.1) is 0 Å². The first-order chi connectivity index (χ1) is 15.7. The van der Waals surface area contributed by atoms with Crippen LogP contribution in [-0.4, -0.2) is 38.4 Å². The third-order valence-corrected chi connectivity index (χ3v) is 5.86. The first-order valence-electron chi connectivity index (χ1n) is 10.8. The van der Waals surface area contributed by atoms with Crippen molar-refractivity contribution in [3.63, 3.8) is 0 Å². The number of carbonyl (C=O) groups excluding carboxylic acids is 1. The molecule has 0 spiro atoms. The minimum Gasteiger partial charge on any atom is -0.457 e. The van der Waals surface area contributed by atoms with Crippen LogP contribution in [0.5, 0.6) is 11.5 Å². The van der Waals surface area contributed by atoms with E-state index in [1.54, 1.807) is 6.33 Å². The summed E-state index contributed by atoms with van der Waals surface area (Å²) < 4.78 is 8.23. The molecule has 160 valence electrons. The van der Waals surface area contributed by atoms with Crippen LogP contribution >= 0.6 is 0 Å². The molecule has 0 aliphatic carbocycles. The largest absolute Gasteiger partial charge is 0.457 e. The predicted octanol–water partition coefficient (Wildman–Crippen LogP) is 4.93. The van der Waals surface area contributed by atoms with Crippen molar-refractivity contribution in [3.8, 4) is 22.8 Å². The average Bonchev–Trinajstić information content (AvgIpc) is 3.47. The summed E-state index contributed by atoms with van der Waals surface area (Å²) in [6.45, 7) is 5.93. The minimum absolute atomic E-state index is 0.00381.